The normalized spacial score (nSPS) is 10.2. The molecule has 0 unspecified atom stereocenters. The van der Waals surface area contributed by atoms with Crippen molar-refractivity contribution in [3.05, 3.63) is 63.6 Å². The molecule has 0 aromatic heterocycles. The average molecular weight is 295 g/mol. The predicted molar refractivity (Wildman–Crippen MR) is 78.3 cm³/mol. The smallest absolute Gasteiger partial charge is 0.122 e. The van der Waals surface area contributed by atoms with E-state index in [1.807, 2.05) is 0 Å². The van der Waals surface area contributed by atoms with Crippen molar-refractivity contribution in [2.75, 3.05) is 0 Å². The largest absolute Gasteiger partial charge is 0.489 e. The number of ether oxygens (including phenoxy) is 1. The molecule has 3 nitrogen and oxygen atoms in total. The van der Waals surface area contributed by atoms with Crippen molar-refractivity contribution < 1.29 is 4.74 Å². The number of nitrogens with two attached hydrogens (primary N) is 1. The SMILES string of the molecule is N=C(N)c1ccc(COc2ccc(Cl)cc2)c(Cl)c1. The molecule has 0 aliphatic rings. The Morgan fingerprint density at radius 2 is 1.79 bits per heavy atom. The molecule has 19 heavy (non-hydrogen) atoms. The third kappa shape index (κ3) is 3.63. The highest BCUT2D eigenvalue weighted by Crippen LogP contribution is 2.21. The Morgan fingerprint density at radius 3 is 2.37 bits per heavy atom. The molecule has 0 heterocycles. The van der Waals surface area contributed by atoms with Gasteiger partial charge >= 0.3 is 0 Å². The van der Waals surface area contributed by atoms with Gasteiger partial charge in [0.2, 0.25) is 0 Å². The van der Waals surface area contributed by atoms with Crippen LogP contribution < -0.4 is 10.5 Å². The zero-order valence-corrected chi connectivity index (χ0v) is 11.5. The van der Waals surface area contributed by atoms with Crippen molar-refractivity contribution in [2.45, 2.75) is 6.61 Å². The monoisotopic (exact) mass is 294 g/mol. The zero-order valence-electron chi connectivity index (χ0n) is 9.99. The number of hydrogen-bond donors (Lipinski definition) is 2. The van der Waals surface area contributed by atoms with Crippen molar-refractivity contribution in [1.82, 2.24) is 0 Å². The first-order chi connectivity index (χ1) is 9.06. The van der Waals surface area contributed by atoms with Gasteiger partial charge in [0.15, 0.2) is 0 Å². The molecule has 0 bridgehead atoms. The van der Waals surface area contributed by atoms with Crippen LogP contribution in [0.15, 0.2) is 42.5 Å². The van der Waals surface area contributed by atoms with Crippen molar-refractivity contribution in [2.24, 2.45) is 5.73 Å². The van der Waals surface area contributed by atoms with E-state index in [0.29, 0.717) is 22.2 Å². The molecule has 2 rings (SSSR count). The first-order valence-corrected chi connectivity index (χ1v) is 6.33. The van der Waals surface area contributed by atoms with Gasteiger partial charge in [-0.2, -0.15) is 0 Å². The molecule has 0 atom stereocenters. The van der Waals surface area contributed by atoms with E-state index in [0.717, 1.165) is 11.3 Å². The minimum atomic E-state index is -0.00734. The Morgan fingerprint density at radius 1 is 1.11 bits per heavy atom. The van der Waals surface area contributed by atoms with Crippen LogP contribution in [0.1, 0.15) is 11.1 Å². The second kappa shape index (κ2) is 5.95. The Labute approximate surface area is 121 Å². The van der Waals surface area contributed by atoms with Crippen LogP contribution >= 0.6 is 23.2 Å². The van der Waals surface area contributed by atoms with Gasteiger partial charge < -0.3 is 10.5 Å². The Hall–Kier alpha value is -1.71. The first kappa shape index (κ1) is 13.7. The molecule has 0 radical (unpaired) electrons. The van der Waals surface area contributed by atoms with Gasteiger partial charge in [0.05, 0.1) is 0 Å². The topological polar surface area (TPSA) is 59.1 Å². The molecule has 0 saturated carbocycles. The molecule has 2 aromatic rings. The lowest BCUT2D eigenvalue weighted by Crippen LogP contribution is -2.11. The molecule has 5 heteroatoms. The standard InChI is InChI=1S/C14H12Cl2N2O/c15-11-3-5-12(6-4-11)19-8-10-2-1-9(14(17)18)7-13(10)16/h1-7H,8H2,(H3,17,18). The Bertz CT molecular complexity index is 597. The van der Waals surface area contributed by atoms with Gasteiger partial charge in [0, 0.05) is 21.2 Å². The van der Waals surface area contributed by atoms with Crippen molar-refractivity contribution >= 4 is 29.0 Å². The van der Waals surface area contributed by atoms with Crippen molar-refractivity contribution in [1.29, 1.82) is 5.41 Å². The molecule has 0 aliphatic carbocycles. The van der Waals surface area contributed by atoms with Crippen LogP contribution in [0, 0.1) is 5.41 Å². The van der Waals surface area contributed by atoms with Crippen molar-refractivity contribution in [3.8, 4) is 5.75 Å². The molecular weight excluding hydrogens is 283 g/mol. The fourth-order valence-electron chi connectivity index (χ4n) is 1.52. The highest BCUT2D eigenvalue weighted by molar-refractivity contribution is 6.31. The fourth-order valence-corrected chi connectivity index (χ4v) is 1.88. The minimum absolute atomic E-state index is 0.00734. The van der Waals surface area contributed by atoms with Crippen LogP contribution in [0.4, 0.5) is 0 Å². The summed E-state index contributed by atoms with van der Waals surface area (Å²) in [6.07, 6.45) is 0. The molecule has 98 valence electrons. The lowest BCUT2D eigenvalue weighted by Gasteiger charge is -2.09. The molecular formula is C14H12Cl2N2O. The molecule has 0 fully saturated rings. The maximum atomic E-state index is 7.33. The van der Waals surface area contributed by atoms with E-state index in [1.54, 1.807) is 42.5 Å². The lowest BCUT2D eigenvalue weighted by molar-refractivity contribution is 0.306. The second-order valence-corrected chi connectivity index (χ2v) is 4.81. The van der Waals surface area contributed by atoms with E-state index >= 15 is 0 Å². The minimum Gasteiger partial charge on any atom is -0.489 e. The third-order valence-electron chi connectivity index (χ3n) is 2.57. The third-order valence-corrected chi connectivity index (χ3v) is 3.18. The van der Waals surface area contributed by atoms with Gasteiger partial charge in [0.1, 0.15) is 18.2 Å². The molecule has 2 aromatic carbocycles. The highest BCUT2D eigenvalue weighted by atomic mass is 35.5. The number of amidine groups is 1. The highest BCUT2D eigenvalue weighted by Gasteiger charge is 2.05. The Balaban J connectivity index is 2.07. The lowest BCUT2D eigenvalue weighted by atomic mass is 10.1. The van der Waals surface area contributed by atoms with E-state index in [9.17, 15) is 0 Å². The summed E-state index contributed by atoms with van der Waals surface area (Å²) in [5.74, 6) is 0.711. The first-order valence-electron chi connectivity index (χ1n) is 5.57. The summed E-state index contributed by atoms with van der Waals surface area (Å²) >= 11 is 11.9. The van der Waals surface area contributed by atoms with Gasteiger partial charge in [-0.05, 0) is 30.3 Å². The van der Waals surface area contributed by atoms with E-state index in [1.165, 1.54) is 0 Å². The van der Waals surface area contributed by atoms with E-state index in [-0.39, 0.29) is 5.84 Å². The maximum Gasteiger partial charge on any atom is 0.122 e. The van der Waals surface area contributed by atoms with Crippen molar-refractivity contribution in [3.63, 3.8) is 0 Å². The van der Waals surface area contributed by atoms with Crippen LogP contribution in [-0.4, -0.2) is 5.84 Å². The Kier molecular flexibility index (Phi) is 4.30. The number of hydrogen-bond acceptors (Lipinski definition) is 2. The summed E-state index contributed by atoms with van der Waals surface area (Å²) in [7, 11) is 0. The molecule has 3 N–H and O–H groups in total. The molecule has 0 aliphatic heterocycles. The number of rotatable bonds is 4. The predicted octanol–water partition coefficient (Wildman–Crippen LogP) is 3.86. The van der Waals surface area contributed by atoms with Crippen LogP contribution in [0.25, 0.3) is 0 Å². The summed E-state index contributed by atoms with van der Waals surface area (Å²) < 4.78 is 5.60. The number of halogens is 2. The zero-order chi connectivity index (χ0) is 13.8. The van der Waals surface area contributed by atoms with E-state index in [4.69, 9.17) is 39.1 Å². The molecule has 0 amide bonds. The van der Waals surface area contributed by atoms with Gasteiger partial charge in [0.25, 0.3) is 0 Å². The summed E-state index contributed by atoms with van der Waals surface area (Å²) in [5.41, 5.74) is 6.83. The van der Waals surface area contributed by atoms with Crippen LogP contribution in [0.2, 0.25) is 10.0 Å². The number of nitrogens with one attached hydrogen (secondary N) is 1. The molecule has 0 spiro atoms. The van der Waals surface area contributed by atoms with Gasteiger partial charge in [-0.1, -0.05) is 35.3 Å². The van der Waals surface area contributed by atoms with Gasteiger partial charge in [-0.25, -0.2) is 0 Å². The fraction of sp³-hybridized carbons (Fsp3) is 0.0714. The number of nitrogen functional groups attached to an aromatic ring is 1. The molecule has 0 saturated heterocycles. The van der Waals surface area contributed by atoms with Crippen LogP contribution in [-0.2, 0) is 6.61 Å². The average Bonchev–Trinajstić information content (AvgIpc) is 2.39. The van der Waals surface area contributed by atoms with Gasteiger partial charge in [-0.3, -0.25) is 5.41 Å². The van der Waals surface area contributed by atoms with Gasteiger partial charge in [-0.15, -0.1) is 0 Å². The van der Waals surface area contributed by atoms with Crippen LogP contribution in [0.3, 0.4) is 0 Å². The summed E-state index contributed by atoms with van der Waals surface area (Å²) in [4.78, 5) is 0. The summed E-state index contributed by atoms with van der Waals surface area (Å²) in [5, 5.41) is 8.53. The summed E-state index contributed by atoms with van der Waals surface area (Å²) in [6.45, 7) is 0.346. The van der Waals surface area contributed by atoms with E-state index < -0.39 is 0 Å². The second-order valence-electron chi connectivity index (χ2n) is 3.96. The maximum absolute atomic E-state index is 7.33. The quantitative estimate of drug-likeness (QED) is 0.664. The summed E-state index contributed by atoms with van der Waals surface area (Å²) in [6, 6.07) is 12.3. The number of benzene rings is 2. The van der Waals surface area contributed by atoms with Crippen LogP contribution in [0.5, 0.6) is 5.75 Å². The van der Waals surface area contributed by atoms with E-state index in [2.05, 4.69) is 0 Å².